The maximum absolute atomic E-state index is 11.2. The summed E-state index contributed by atoms with van der Waals surface area (Å²) in [6.45, 7) is 1.69. The van der Waals surface area contributed by atoms with Crippen LogP contribution in [0.3, 0.4) is 0 Å². The molecule has 1 aromatic rings. The number of nitro groups is 1. The van der Waals surface area contributed by atoms with E-state index >= 15 is 0 Å². The number of allylic oxidation sites excluding steroid dienone is 1. The van der Waals surface area contributed by atoms with E-state index in [1.807, 2.05) is 30.3 Å². The van der Waals surface area contributed by atoms with E-state index in [1.165, 1.54) is 6.08 Å². The van der Waals surface area contributed by atoms with Crippen molar-refractivity contribution in [1.82, 2.24) is 0 Å². The zero-order valence-corrected chi connectivity index (χ0v) is 13.3. The highest BCUT2D eigenvalue weighted by atomic mass is 16.6. The number of hydrogen-bond acceptors (Lipinski definition) is 5. The largest absolute Gasteiger partial charge is 0.463 e. The lowest BCUT2D eigenvalue weighted by Gasteiger charge is -2.22. The summed E-state index contributed by atoms with van der Waals surface area (Å²) in [4.78, 5) is 21.8. The molecule has 0 heterocycles. The van der Waals surface area contributed by atoms with Gasteiger partial charge in [-0.2, -0.15) is 0 Å². The van der Waals surface area contributed by atoms with Gasteiger partial charge in [0.2, 0.25) is 6.54 Å². The average molecular weight is 321 g/mol. The van der Waals surface area contributed by atoms with Crippen LogP contribution in [0.1, 0.15) is 31.2 Å². The van der Waals surface area contributed by atoms with E-state index < -0.39 is 5.97 Å². The summed E-state index contributed by atoms with van der Waals surface area (Å²) >= 11 is 0. The zero-order chi connectivity index (χ0) is 17.1. The fourth-order valence-electron chi connectivity index (χ4n) is 2.49. The van der Waals surface area contributed by atoms with Crippen LogP contribution in [0, 0.1) is 16.0 Å². The van der Waals surface area contributed by atoms with Crippen molar-refractivity contribution in [3.05, 3.63) is 58.2 Å². The van der Waals surface area contributed by atoms with Gasteiger partial charge in [-0.05, 0) is 31.2 Å². The summed E-state index contributed by atoms with van der Waals surface area (Å²) in [5, 5.41) is 20.6. The maximum atomic E-state index is 11.2. The van der Waals surface area contributed by atoms with Gasteiger partial charge in [0.25, 0.3) is 0 Å². The van der Waals surface area contributed by atoms with Gasteiger partial charge in [-0.15, -0.1) is 0 Å². The molecule has 0 amide bonds. The van der Waals surface area contributed by atoms with E-state index in [2.05, 4.69) is 0 Å². The fourth-order valence-corrected chi connectivity index (χ4v) is 2.49. The lowest BCUT2D eigenvalue weighted by Crippen LogP contribution is -2.24. The quantitative estimate of drug-likeness (QED) is 0.309. The van der Waals surface area contributed by atoms with Crippen molar-refractivity contribution in [2.45, 2.75) is 25.7 Å². The SMILES string of the molecule is CCOC(=O)/C=C/CC[C@@H](CO)[C@H](C[N+](=O)[O-])c1ccccc1. The number of carbonyl (C=O) groups excluding carboxylic acids is 1. The van der Waals surface area contributed by atoms with E-state index in [0.29, 0.717) is 19.4 Å². The molecule has 0 spiro atoms. The molecular formula is C17H23NO5. The molecule has 6 heteroatoms. The number of hydrogen-bond donors (Lipinski definition) is 1. The second kappa shape index (κ2) is 10.5. The zero-order valence-electron chi connectivity index (χ0n) is 13.3. The molecule has 0 aliphatic rings. The second-order valence-corrected chi connectivity index (χ2v) is 5.21. The average Bonchev–Trinajstić information content (AvgIpc) is 2.54. The molecule has 1 rings (SSSR count). The summed E-state index contributed by atoms with van der Waals surface area (Å²) in [6.07, 6.45) is 4.13. The van der Waals surface area contributed by atoms with Crippen LogP contribution < -0.4 is 0 Å². The summed E-state index contributed by atoms with van der Waals surface area (Å²) in [5.74, 6) is -1.00. The van der Waals surface area contributed by atoms with Crippen molar-refractivity contribution in [1.29, 1.82) is 0 Å². The summed E-state index contributed by atoms with van der Waals surface area (Å²) < 4.78 is 4.78. The fraction of sp³-hybridized carbons (Fsp3) is 0.471. The van der Waals surface area contributed by atoms with E-state index in [1.54, 1.807) is 13.0 Å². The van der Waals surface area contributed by atoms with Crippen LogP contribution in [0.4, 0.5) is 0 Å². The number of aliphatic hydroxyl groups excluding tert-OH is 1. The van der Waals surface area contributed by atoms with Gasteiger partial charge in [-0.25, -0.2) is 4.79 Å². The smallest absolute Gasteiger partial charge is 0.330 e. The van der Waals surface area contributed by atoms with Crippen molar-refractivity contribution in [3.8, 4) is 0 Å². The van der Waals surface area contributed by atoms with Gasteiger partial charge in [0, 0.05) is 17.6 Å². The Bertz CT molecular complexity index is 515. The van der Waals surface area contributed by atoms with Gasteiger partial charge < -0.3 is 9.84 Å². The number of rotatable bonds is 10. The third kappa shape index (κ3) is 7.06. The molecule has 1 N–H and O–H groups in total. The minimum Gasteiger partial charge on any atom is -0.463 e. The van der Waals surface area contributed by atoms with Crippen molar-refractivity contribution in [2.75, 3.05) is 19.8 Å². The highest BCUT2D eigenvalue weighted by molar-refractivity contribution is 5.81. The van der Waals surface area contributed by atoms with Crippen LogP contribution in [0.25, 0.3) is 0 Å². The Morgan fingerprint density at radius 1 is 1.39 bits per heavy atom. The molecule has 0 saturated heterocycles. The molecule has 6 nitrogen and oxygen atoms in total. The Kier molecular flexibility index (Phi) is 8.60. The Balaban J connectivity index is 2.70. The molecule has 0 saturated carbocycles. The molecule has 0 bridgehead atoms. The van der Waals surface area contributed by atoms with E-state index in [4.69, 9.17) is 4.74 Å². The van der Waals surface area contributed by atoms with E-state index in [9.17, 15) is 20.0 Å². The minimum atomic E-state index is -0.405. The molecule has 0 aromatic heterocycles. The predicted molar refractivity (Wildman–Crippen MR) is 86.6 cm³/mol. The number of ether oxygens (including phenoxy) is 1. The predicted octanol–water partition coefficient (Wildman–Crippen LogP) is 2.55. The molecule has 0 fully saturated rings. The van der Waals surface area contributed by atoms with Gasteiger partial charge >= 0.3 is 5.97 Å². The first-order valence-electron chi connectivity index (χ1n) is 7.69. The Labute approximate surface area is 135 Å². The molecule has 0 radical (unpaired) electrons. The number of carbonyl (C=O) groups is 1. The molecule has 23 heavy (non-hydrogen) atoms. The molecule has 0 aliphatic carbocycles. The molecule has 1 aromatic carbocycles. The van der Waals surface area contributed by atoms with Gasteiger partial charge in [0.1, 0.15) is 0 Å². The highest BCUT2D eigenvalue weighted by Crippen LogP contribution is 2.28. The number of benzene rings is 1. The van der Waals surface area contributed by atoms with Crippen molar-refractivity contribution in [3.63, 3.8) is 0 Å². The van der Waals surface area contributed by atoms with Crippen LogP contribution in [-0.4, -0.2) is 35.8 Å². The van der Waals surface area contributed by atoms with E-state index in [0.717, 1.165) is 5.56 Å². The first-order valence-corrected chi connectivity index (χ1v) is 7.69. The standard InChI is InChI=1S/C17H23NO5/c1-2-23-17(20)11-7-6-10-15(13-19)16(12-18(21)22)14-8-4-3-5-9-14/h3-5,7-9,11,15-16,19H,2,6,10,12-13H2,1H3/b11-7+/t15-,16+/m0/s1. The number of aliphatic hydroxyl groups is 1. The van der Waals surface area contributed by atoms with Gasteiger partial charge in [-0.3, -0.25) is 10.1 Å². The van der Waals surface area contributed by atoms with Crippen LogP contribution >= 0.6 is 0 Å². The monoisotopic (exact) mass is 321 g/mol. The maximum Gasteiger partial charge on any atom is 0.330 e. The van der Waals surface area contributed by atoms with Crippen molar-refractivity contribution < 1.29 is 19.6 Å². The van der Waals surface area contributed by atoms with Crippen LogP contribution in [0.15, 0.2) is 42.5 Å². The van der Waals surface area contributed by atoms with E-state index in [-0.39, 0.29) is 29.9 Å². The summed E-state index contributed by atoms with van der Waals surface area (Å²) in [5.41, 5.74) is 0.845. The van der Waals surface area contributed by atoms with Gasteiger partial charge in [0.05, 0.1) is 12.5 Å². The Hall–Kier alpha value is -2.21. The Morgan fingerprint density at radius 2 is 2.09 bits per heavy atom. The molecule has 0 aliphatic heterocycles. The number of esters is 1. The molecular weight excluding hydrogens is 298 g/mol. The first kappa shape index (κ1) is 18.8. The van der Waals surface area contributed by atoms with Crippen LogP contribution in [0.5, 0.6) is 0 Å². The topological polar surface area (TPSA) is 89.7 Å². The highest BCUT2D eigenvalue weighted by Gasteiger charge is 2.26. The third-order valence-electron chi connectivity index (χ3n) is 3.62. The summed E-state index contributed by atoms with van der Waals surface area (Å²) in [6, 6.07) is 9.19. The minimum absolute atomic E-state index is 0.138. The lowest BCUT2D eigenvalue weighted by molar-refractivity contribution is -0.485. The van der Waals surface area contributed by atoms with Crippen molar-refractivity contribution in [2.24, 2.45) is 5.92 Å². The first-order chi connectivity index (χ1) is 11.1. The summed E-state index contributed by atoms with van der Waals surface area (Å²) in [7, 11) is 0. The van der Waals surface area contributed by atoms with Crippen LogP contribution in [0.2, 0.25) is 0 Å². The normalized spacial score (nSPS) is 13.7. The lowest BCUT2D eigenvalue weighted by atomic mass is 9.83. The van der Waals surface area contributed by atoms with Gasteiger partial charge in [0.15, 0.2) is 0 Å². The Morgan fingerprint density at radius 3 is 2.65 bits per heavy atom. The number of nitrogens with zero attached hydrogens (tertiary/aromatic N) is 1. The molecule has 126 valence electrons. The van der Waals surface area contributed by atoms with Gasteiger partial charge in [-0.1, -0.05) is 36.4 Å². The second-order valence-electron chi connectivity index (χ2n) is 5.21. The van der Waals surface area contributed by atoms with Crippen molar-refractivity contribution >= 4 is 5.97 Å². The third-order valence-corrected chi connectivity index (χ3v) is 3.62. The molecule has 2 atom stereocenters. The van der Waals surface area contributed by atoms with Crippen LogP contribution in [-0.2, 0) is 9.53 Å². The molecule has 0 unspecified atom stereocenters.